The normalized spacial score (nSPS) is 18.7. The first-order chi connectivity index (χ1) is 11.4. The summed E-state index contributed by atoms with van der Waals surface area (Å²) in [5.74, 6) is 0. The van der Waals surface area contributed by atoms with Gasteiger partial charge in [-0.05, 0) is 70.5 Å². The summed E-state index contributed by atoms with van der Waals surface area (Å²) in [6.07, 6.45) is 12.6. The molecule has 2 aromatic carbocycles. The molecular weight excluding hydrogens is 278 g/mol. The molecule has 0 aromatic heterocycles. The topological polar surface area (TPSA) is 26.0 Å². The van der Waals surface area contributed by atoms with Crippen LogP contribution in [-0.4, -0.2) is 6.54 Å². The van der Waals surface area contributed by atoms with Crippen molar-refractivity contribution in [3.63, 3.8) is 0 Å². The number of hydrogen-bond donors (Lipinski definition) is 1. The van der Waals surface area contributed by atoms with Crippen LogP contribution in [0.2, 0.25) is 0 Å². The van der Waals surface area contributed by atoms with Crippen molar-refractivity contribution >= 4 is 16.8 Å². The standard InChI is InChI=1S/C22H21N/c23-13-12-18-15-19(22-11-4-3-10-21(18)22)14-17-8-5-7-16-6-1-2-9-20(16)17/h1-2,5-11,14-15H,3-4,12-13,23H2/b19-14+. The molecule has 114 valence electrons. The summed E-state index contributed by atoms with van der Waals surface area (Å²) in [5, 5.41) is 2.60. The second-order valence-electron chi connectivity index (χ2n) is 6.19. The van der Waals surface area contributed by atoms with Gasteiger partial charge in [-0.1, -0.05) is 60.7 Å². The zero-order valence-electron chi connectivity index (χ0n) is 13.3. The quantitative estimate of drug-likeness (QED) is 0.832. The molecule has 2 aliphatic carbocycles. The van der Waals surface area contributed by atoms with Gasteiger partial charge in [0.05, 0.1) is 0 Å². The minimum Gasteiger partial charge on any atom is -0.330 e. The zero-order valence-corrected chi connectivity index (χ0v) is 13.3. The smallest absolute Gasteiger partial charge is 0.00365 e. The minimum absolute atomic E-state index is 0.706. The van der Waals surface area contributed by atoms with Crippen molar-refractivity contribution in [1.29, 1.82) is 0 Å². The molecule has 0 heterocycles. The summed E-state index contributed by atoms with van der Waals surface area (Å²) >= 11 is 0. The van der Waals surface area contributed by atoms with E-state index in [9.17, 15) is 0 Å². The maximum Gasteiger partial charge on any atom is -0.00365 e. The van der Waals surface area contributed by atoms with Gasteiger partial charge in [-0.3, -0.25) is 0 Å². The molecule has 0 fully saturated rings. The van der Waals surface area contributed by atoms with Crippen LogP contribution in [0.15, 0.2) is 83.0 Å². The van der Waals surface area contributed by atoms with Crippen LogP contribution in [0.4, 0.5) is 0 Å². The Kier molecular flexibility index (Phi) is 3.72. The average Bonchev–Trinajstić information content (AvgIpc) is 2.94. The molecule has 23 heavy (non-hydrogen) atoms. The molecule has 1 nitrogen and oxygen atoms in total. The van der Waals surface area contributed by atoms with Crippen LogP contribution < -0.4 is 5.73 Å². The Morgan fingerprint density at radius 2 is 1.70 bits per heavy atom. The molecule has 0 amide bonds. The van der Waals surface area contributed by atoms with E-state index in [-0.39, 0.29) is 0 Å². The van der Waals surface area contributed by atoms with Crippen LogP contribution in [0.25, 0.3) is 16.8 Å². The van der Waals surface area contributed by atoms with E-state index in [1.54, 1.807) is 0 Å². The molecule has 2 N–H and O–H groups in total. The number of allylic oxidation sites excluding steroid dienone is 6. The summed E-state index contributed by atoms with van der Waals surface area (Å²) in [7, 11) is 0. The highest BCUT2D eigenvalue weighted by Gasteiger charge is 2.22. The summed E-state index contributed by atoms with van der Waals surface area (Å²) in [6.45, 7) is 0.706. The summed E-state index contributed by atoms with van der Waals surface area (Å²) in [6, 6.07) is 15.1. The number of nitrogens with two attached hydrogens (primary N) is 1. The van der Waals surface area contributed by atoms with E-state index in [0.29, 0.717) is 6.54 Å². The highest BCUT2D eigenvalue weighted by atomic mass is 14.5. The van der Waals surface area contributed by atoms with Gasteiger partial charge in [-0.25, -0.2) is 0 Å². The number of rotatable bonds is 3. The first kappa shape index (κ1) is 14.2. The van der Waals surface area contributed by atoms with E-state index in [1.807, 2.05) is 0 Å². The van der Waals surface area contributed by atoms with E-state index in [4.69, 9.17) is 5.73 Å². The molecule has 2 aliphatic rings. The van der Waals surface area contributed by atoms with Gasteiger partial charge in [0.2, 0.25) is 0 Å². The van der Waals surface area contributed by atoms with E-state index < -0.39 is 0 Å². The molecule has 1 heteroatoms. The molecule has 0 saturated heterocycles. The van der Waals surface area contributed by atoms with Crippen molar-refractivity contribution in [1.82, 2.24) is 0 Å². The van der Waals surface area contributed by atoms with Crippen molar-refractivity contribution < 1.29 is 0 Å². The number of hydrogen-bond acceptors (Lipinski definition) is 1. The van der Waals surface area contributed by atoms with Crippen molar-refractivity contribution in [2.75, 3.05) is 6.54 Å². The monoisotopic (exact) mass is 299 g/mol. The fourth-order valence-electron chi connectivity index (χ4n) is 3.62. The zero-order chi connectivity index (χ0) is 15.6. The van der Waals surface area contributed by atoms with E-state index in [0.717, 1.165) is 19.3 Å². The van der Waals surface area contributed by atoms with Crippen LogP contribution in [0.3, 0.4) is 0 Å². The molecule has 0 atom stereocenters. The van der Waals surface area contributed by atoms with Gasteiger partial charge in [-0.2, -0.15) is 0 Å². The Balaban J connectivity index is 1.84. The number of benzene rings is 2. The van der Waals surface area contributed by atoms with E-state index >= 15 is 0 Å². The second-order valence-corrected chi connectivity index (χ2v) is 6.19. The largest absolute Gasteiger partial charge is 0.330 e. The fourth-order valence-corrected chi connectivity index (χ4v) is 3.62. The summed E-state index contributed by atoms with van der Waals surface area (Å²) in [4.78, 5) is 0. The Hall–Kier alpha value is -2.38. The van der Waals surface area contributed by atoms with Crippen molar-refractivity contribution in [3.05, 3.63) is 88.5 Å². The van der Waals surface area contributed by atoms with E-state index in [1.165, 1.54) is 38.6 Å². The van der Waals surface area contributed by atoms with Gasteiger partial charge in [0.1, 0.15) is 0 Å². The highest BCUT2D eigenvalue weighted by molar-refractivity contribution is 5.92. The third kappa shape index (κ3) is 2.58. The van der Waals surface area contributed by atoms with Crippen molar-refractivity contribution in [2.24, 2.45) is 5.73 Å². The third-order valence-corrected chi connectivity index (χ3v) is 4.69. The Morgan fingerprint density at radius 1 is 0.913 bits per heavy atom. The molecule has 0 radical (unpaired) electrons. The minimum atomic E-state index is 0.706. The molecular formula is C22H21N. The molecule has 0 unspecified atom stereocenters. The first-order valence-electron chi connectivity index (χ1n) is 8.38. The molecule has 2 aromatic rings. The van der Waals surface area contributed by atoms with Gasteiger partial charge in [0.15, 0.2) is 0 Å². The highest BCUT2D eigenvalue weighted by Crippen LogP contribution is 2.40. The predicted molar refractivity (Wildman–Crippen MR) is 99.1 cm³/mol. The Morgan fingerprint density at radius 3 is 2.57 bits per heavy atom. The molecule has 0 saturated carbocycles. The van der Waals surface area contributed by atoms with Gasteiger partial charge < -0.3 is 5.73 Å². The van der Waals surface area contributed by atoms with Crippen LogP contribution in [-0.2, 0) is 0 Å². The van der Waals surface area contributed by atoms with Gasteiger partial charge in [0, 0.05) is 0 Å². The molecule has 0 bridgehead atoms. The van der Waals surface area contributed by atoms with Crippen LogP contribution in [0.1, 0.15) is 24.8 Å². The van der Waals surface area contributed by atoms with Gasteiger partial charge >= 0.3 is 0 Å². The average molecular weight is 299 g/mol. The van der Waals surface area contributed by atoms with Crippen molar-refractivity contribution in [2.45, 2.75) is 19.3 Å². The Bertz CT molecular complexity index is 872. The summed E-state index contributed by atoms with van der Waals surface area (Å²) < 4.78 is 0. The second kappa shape index (κ2) is 6.02. The summed E-state index contributed by atoms with van der Waals surface area (Å²) in [5.41, 5.74) is 12.6. The van der Waals surface area contributed by atoms with Crippen LogP contribution >= 0.6 is 0 Å². The molecule has 0 spiro atoms. The Labute approximate surface area is 137 Å². The maximum atomic E-state index is 5.80. The first-order valence-corrected chi connectivity index (χ1v) is 8.38. The lowest BCUT2D eigenvalue weighted by Crippen LogP contribution is -2.01. The lowest BCUT2D eigenvalue weighted by atomic mass is 9.93. The fraction of sp³-hybridized carbons (Fsp3) is 0.182. The SMILES string of the molecule is NCCC1=C/C(=C\c2cccc3ccccc23)C2=CCCC=C12. The number of fused-ring (bicyclic) bond motifs is 2. The van der Waals surface area contributed by atoms with Gasteiger partial charge in [-0.15, -0.1) is 0 Å². The predicted octanol–water partition coefficient (Wildman–Crippen LogP) is 5.16. The lowest BCUT2D eigenvalue weighted by Gasteiger charge is -2.12. The van der Waals surface area contributed by atoms with Crippen molar-refractivity contribution in [3.8, 4) is 0 Å². The lowest BCUT2D eigenvalue weighted by molar-refractivity contribution is 0.947. The molecule has 4 rings (SSSR count). The molecule has 0 aliphatic heterocycles. The van der Waals surface area contributed by atoms with E-state index in [2.05, 4.69) is 66.8 Å². The van der Waals surface area contributed by atoms with Crippen LogP contribution in [0.5, 0.6) is 0 Å². The van der Waals surface area contributed by atoms with Crippen LogP contribution in [0, 0.1) is 0 Å². The van der Waals surface area contributed by atoms with Gasteiger partial charge in [0.25, 0.3) is 0 Å². The maximum absolute atomic E-state index is 5.80. The third-order valence-electron chi connectivity index (χ3n) is 4.69.